The number of ketones is 1. The van der Waals surface area contributed by atoms with E-state index in [4.69, 9.17) is 9.47 Å². The molecule has 2 amide bonds. The van der Waals surface area contributed by atoms with E-state index in [1.54, 1.807) is 38.3 Å². The molecule has 0 radical (unpaired) electrons. The van der Waals surface area contributed by atoms with Gasteiger partial charge in [-0.05, 0) is 35.7 Å². The van der Waals surface area contributed by atoms with Crippen molar-refractivity contribution in [2.24, 2.45) is 11.8 Å². The Labute approximate surface area is 176 Å². The summed E-state index contributed by atoms with van der Waals surface area (Å²) >= 11 is 0. The van der Waals surface area contributed by atoms with Gasteiger partial charge in [0.15, 0.2) is 5.78 Å². The molecule has 1 heterocycles. The van der Waals surface area contributed by atoms with Crippen molar-refractivity contribution in [2.75, 3.05) is 13.7 Å². The minimum atomic E-state index is -0.798. The van der Waals surface area contributed by atoms with E-state index in [9.17, 15) is 14.4 Å². The maximum atomic E-state index is 13.6. The second kappa shape index (κ2) is 9.11. The Morgan fingerprint density at radius 3 is 2.23 bits per heavy atom. The van der Waals surface area contributed by atoms with Crippen LogP contribution >= 0.6 is 0 Å². The number of methoxy groups -OCH3 is 1. The van der Waals surface area contributed by atoms with Crippen LogP contribution in [0, 0.1) is 11.8 Å². The number of nitrogens with zero attached hydrogens (tertiary/aromatic N) is 1. The van der Waals surface area contributed by atoms with Crippen LogP contribution in [-0.2, 0) is 9.53 Å². The molecule has 3 rings (SSSR count). The fraction of sp³-hybridized carbons (Fsp3) is 0.375. The van der Waals surface area contributed by atoms with Crippen LogP contribution < -0.4 is 4.74 Å². The van der Waals surface area contributed by atoms with Crippen LogP contribution in [0.5, 0.6) is 5.75 Å². The first kappa shape index (κ1) is 21.6. The summed E-state index contributed by atoms with van der Waals surface area (Å²) in [5.41, 5.74) is 1.18. The van der Waals surface area contributed by atoms with Gasteiger partial charge in [-0.1, -0.05) is 51.1 Å². The highest BCUT2D eigenvalue weighted by molar-refractivity contribution is 6.04. The van der Waals surface area contributed by atoms with Crippen molar-refractivity contribution >= 4 is 17.8 Å². The van der Waals surface area contributed by atoms with Crippen LogP contribution in [0.2, 0.25) is 0 Å². The molecule has 0 aromatic heterocycles. The van der Waals surface area contributed by atoms with Crippen LogP contribution in [-0.4, -0.2) is 42.4 Å². The first-order valence-corrected chi connectivity index (χ1v) is 10.1. The van der Waals surface area contributed by atoms with Gasteiger partial charge in [0.05, 0.1) is 19.1 Å². The van der Waals surface area contributed by atoms with Crippen LogP contribution in [0.3, 0.4) is 0 Å². The molecular weight excluding hydrogens is 382 g/mol. The number of imide groups is 1. The van der Waals surface area contributed by atoms with Gasteiger partial charge in [0, 0.05) is 11.5 Å². The molecule has 3 atom stereocenters. The standard InChI is InChI=1S/C24H27NO5/c1-15(2)20-14-30-24(28)25(20)23(27)21(17-8-6-5-7-9-17)16(3)22(26)18-10-12-19(29-4)13-11-18/h5-13,15-16,20-21H,14H2,1-4H3/t16?,20-,21-/m1/s1. The number of hydrogen-bond acceptors (Lipinski definition) is 5. The highest BCUT2D eigenvalue weighted by Gasteiger charge is 2.45. The zero-order chi connectivity index (χ0) is 21.8. The van der Waals surface area contributed by atoms with Crippen molar-refractivity contribution in [2.45, 2.75) is 32.7 Å². The Hall–Kier alpha value is -3.15. The minimum absolute atomic E-state index is 0.0458. The summed E-state index contributed by atoms with van der Waals surface area (Å²) in [6.07, 6.45) is -0.649. The number of carbonyl (C=O) groups is 3. The van der Waals surface area contributed by atoms with E-state index in [1.807, 2.05) is 44.2 Å². The van der Waals surface area contributed by atoms with Gasteiger partial charge in [-0.2, -0.15) is 0 Å². The summed E-state index contributed by atoms with van der Waals surface area (Å²) in [7, 11) is 1.56. The highest BCUT2D eigenvalue weighted by Crippen LogP contribution is 2.33. The number of amides is 2. The Morgan fingerprint density at radius 2 is 1.67 bits per heavy atom. The molecule has 2 aromatic carbocycles. The van der Waals surface area contributed by atoms with Crippen LogP contribution in [0.25, 0.3) is 0 Å². The predicted molar refractivity (Wildman–Crippen MR) is 112 cm³/mol. The van der Waals surface area contributed by atoms with Gasteiger partial charge < -0.3 is 9.47 Å². The highest BCUT2D eigenvalue weighted by atomic mass is 16.6. The van der Waals surface area contributed by atoms with E-state index in [-0.39, 0.29) is 24.3 Å². The van der Waals surface area contributed by atoms with Gasteiger partial charge in [0.25, 0.3) is 0 Å². The molecule has 158 valence electrons. The average molecular weight is 409 g/mol. The second-order valence-corrected chi connectivity index (χ2v) is 7.87. The third-order valence-electron chi connectivity index (χ3n) is 5.63. The lowest BCUT2D eigenvalue weighted by molar-refractivity contribution is -0.132. The van der Waals surface area contributed by atoms with Crippen molar-refractivity contribution in [3.8, 4) is 5.75 Å². The Bertz CT molecular complexity index is 907. The second-order valence-electron chi connectivity index (χ2n) is 7.87. The maximum Gasteiger partial charge on any atom is 0.417 e. The van der Waals surface area contributed by atoms with E-state index >= 15 is 0 Å². The topological polar surface area (TPSA) is 72.9 Å². The number of Topliss-reactive ketones (excluding diaryl/α,β-unsaturated/α-hetero) is 1. The first-order chi connectivity index (χ1) is 14.3. The molecule has 0 N–H and O–H groups in total. The predicted octanol–water partition coefficient (Wildman–Crippen LogP) is 4.30. The van der Waals surface area contributed by atoms with Crippen molar-refractivity contribution in [3.05, 3.63) is 65.7 Å². The summed E-state index contributed by atoms with van der Waals surface area (Å²) in [6, 6.07) is 15.6. The quantitative estimate of drug-likeness (QED) is 0.638. The number of ether oxygens (including phenoxy) is 2. The van der Waals surface area contributed by atoms with Gasteiger partial charge in [-0.15, -0.1) is 0 Å². The smallest absolute Gasteiger partial charge is 0.417 e. The summed E-state index contributed by atoms with van der Waals surface area (Å²) in [5.74, 6) is -1.36. The molecule has 0 bridgehead atoms. The number of benzene rings is 2. The summed E-state index contributed by atoms with van der Waals surface area (Å²) in [6.45, 7) is 5.78. The molecule has 1 saturated heterocycles. The fourth-order valence-corrected chi connectivity index (χ4v) is 3.81. The Kier molecular flexibility index (Phi) is 6.55. The van der Waals surface area contributed by atoms with Gasteiger partial charge >= 0.3 is 6.09 Å². The number of cyclic esters (lactones) is 1. The van der Waals surface area contributed by atoms with Crippen molar-refractivity contribution in [1.82, 2.24) is 4.90 Å². The number of hydrogen-bond donors (Lipinski definition) is 0. The molecule has 30 heavy (non-hydrogen) atoms. The monoisotopic (exact) mass is 409 g/mol. The van der Waals surface area contributed by atoms with E-state index in [2.05, 4.69) is 0 Å². The van der Waals surface area contributed by atoms with E-state index in [0.717, 1.165) is 0 Å². The van der Waals surface area contributed by atoms with Gasteiger partial charge in [-0.25, -0.2) is 9.69 Å². The lowest BCUT2D eigenvalue weighted by Crippen LogP contribution is -2.46. The van der Waals surface area contributed by atoms with Crippen LogP contribution in [0.1, 0.15) is 42.6 Å². The Morgan fingerprint density at radius 1 is 1.03 bits per heavy atom. The SMILES string of the molecule is COc1ccc(C(=O)C(C)[C@@H](C(=O)N2C(=O)OC[C@@H]2C(C)C)c2ccccc2)cc1. The minimum Gasteiger partial charge on any atom is -0.497 e. The van der Waals surface area contributed by atoms with Crippen molar-refractivity contribution in [1.29, 1.82) is 0 Å². The molecule has 2 aromatic rings. The molecule has 1 aliphatic heterocycles. The summed E-state index contributed by atoms with van der Waals surface area (Å²) in [4.78, 5) is 40.4. The number of rotatable bonds is 7. The lowest BCUT2D eigenvalue weighted by atomic mass is 9.81. The average Bonchev–Trinajstić information content (AvgIpc) is 3.15. The van der Waals surface area contributed by atoms with E-state index in [1.165, 1.54) is 4.90 Å². The first-order valence-electron chi connectivity index (χ1n) is 10.1. The summed E-state index contributed by atoms with van der Waals surface area (Å²) < 4.78 is 10.3. The fourth-order valence-electron chi connectivity index (χ4n) is 3.81. The van der Waals surface area contributed by atoms with E-state index < -0.39 is 23.8 Å². The molecule has 6 heteroatoms. The van der Waals surface area contributed by atoms with Gasteiger partial charge in [-0.3, -0.25) is 9.59 Å². The van der Waals surface area contributed by atoms with Crippen LogP contribution in [0.15, 0.2) is 54.6 Å². The van der Waals surface area contributed by atoms with Crippen molar-refractivity contribution in [3.63, 3.8) is 0 Å². The summed E-state index contributed by atoms with van der Waals surface area (Å²) in [5, 5.41) is 0. The molecule has 0 aliphatic carbocycles. The zero-order valence-corrected chi connectivity index (χ0v) is 17.7. The van der Waals surface area contributed by atoms with Crippen LogP contribution in [0.4, 0.5) is 4.79 Å². The number of carbonyl (C=O) groups excluding carboxylic acids is 3. The molecule has 0 spiro atoms. The molecule has 1 fully saturated rings. The maximum absolute atomic E-state index is 13.6. The largest absolute Gasteiger partial charge is 0.497 e. The zero-order valence-electron chi connectivity index (χ0n) is 17.7. The molecule has 0 saturated carbocycles. The van der Waals surface area contributed by atoms with Crippen molar-refractivity contribution < 1.29 is 23.9 Å². The third-order valence-corrected chi connectivity index (χ3v) is 5.63. The van der Waals surface area contributed by atoms with E-state index in [0.29, 0.717) is 16.9 Å². The molecule has 1 aliphatic rings. The molecular formula is C24H27NO5. The molecule has 1 unspecified atom stereocenters. The molecule has 6 nitrogen and oxygen atoms in total. The van der Waals surface area contributed by atoms with Gasteiger partial charge in [0.2, 0.25) is 5.91 Å². The van der Waals surface area contributed by atoms with Gasteiger partial charge in [0.1, 0.15) is 12.4 Å². The lowest BCUT2D eigenvalue weighted by Gasteiger charge is -2.29. The normalized spacial score (nSPS) is 18.1. The third kappa shape index (κ3) is 4.22. The Balaban J connectivity index is 1.97.